The number of nitrogens with zero attached hydrogens (tertiary/aromatic N) is 4. The fourth-order valence-corrected chi connectivity index (χ4v) is 7.25. The number of rotatable bonds is 4. The van der Waals surface area contributed by atoms with Crippen molar-refractivity contribution in [1.29, 1.82) is 0 Å². The van der Waals surface area contributed by atoms with E-state index in [-0.39, 0.29) is 5.41 Å². The summed E-state index contributed by atoms with van der Waals surface area (Å²) in [5, 5.41) is 4.60. The number of benzene rings is 3. The van der Waals surface area contributed by atoms with Gasteiger partial charge in [-0.2, -0.15) is 0 Å². The first kappa shape index (κ1) is 26.6. The van der Waals surface area contributed by atoms with Crippen molar-refractivity contribution in [2.75, 3.05) is 0 Å². The molecule has 0 radical (unpaired) electrons. The first-order valence-corrected chi connectivity index (χ1v) is 15.8. The SMILES string of the molecule is CC1(C)c2ccccc2-c2ccc(-c3cccc(-c4cccc(-c5cccc(-n6c7c(c8ccccc86)C=CNC7)n5)n4)n3)cc21. The average Bonchev–Trinajstić information content (AvgIpc) is 3.57. The smallest absolute Gasteiger partial charge is 0.138 e. The summed E-state index contributed by atoms with van der Waals surface area (Å²) in [6.07, 6.45) is 4.17. The monoisotopic (exact) mass is 593 g/mol. The van der Waals surface area contributed by atoms with Crippen LogP contribution >= 0.6 is 0 Å². The van der Waals surface area contributed by atoms with Gasteiger partial charge < -0.3 is 5.32 Å². The summed E-state index contributed by atoms with van der Waals surface area (Å²) >= 11 is 0. The van der Waals surface area contributed by atoms with Gasteiger partial charge in [-0.15, -0.1) is 0 Å². The zero-order chi connectivity index (χ0) is 30.8. The lowest BCUT2D eigenvalue weighted by Crippen LogP contribution is -2.14. The number of hydrogen-bond donors (Lipinski definition) is 1. The lowest BCUT2D eigenvalue weighted by molar-refractivity contribution is 0.660. The molecule has 7 aromatic rings. The number of pyridine rings is 3. The zero-order valence-electron chi connectivity index (χ0n) is 25.7. The maximum atomic E-state index is 5.14. The molecular formula is C41H31N5. The summed E-state index contributed by atoms with van der Waals surface area (Å²) in [7, 11) is 0. The van der Waals surface area contributed by atoms with Crippen LogP contribution in [0.2, 0.25) is 0 Å². The third kappa shape index (κ3) is 4.05. The first-order valence-electron chi connectivity index (χ1n) is 15.8. The molecule has 1 aliphatic carbocycles. The number of fused-ring (bicyclic) bond motifs is 6. The van der Waals surface area contributed by atoms with Gasteiger partial charge in [0.25, 0.3) is 0 Å². The lowest BCUT2D eigenvalue weighted by atomic mass is 9.82. The highest BCUT2D eigenvalue weighted by atomic mass is 15.1. The van der Waals surface area contributed by atoms with Crippen LogP contribution < -0.4 is 5.32 Å². The number of nitrogens with one attached hydrogen (secondary N) is 1. The molecule has 0 spiro atoms. The molecule has 0 bridgehead atoms. The Morgan fingerprint density at radius 1 is 0.609 bits per heavy atom. The van der Waals surface area contributed by atoms with Crippen molar-refractivity contribution in [3.63, 3.8) is 0 Å². The second-order valence-electron chi connectivity index (χ2n) is 12.6. The molecule has 46 heavy (non-hydrogen) atoms. The second kappa shape index (κ2) is 10.1. The minimum absolute atomic E-state index is 0.0591. The van der Waals surface area contributed by atoms with Gasteiger partial charge in [0, 0.05) is 21.9 Å². The maximum Gasteiger partial charge on any atom is 0.138 e. The van der Waals surface area contributed by atoms with Crippen LogP contribution in [0.1, 0.15) is 36.2 Å². The Balaban J connectivity index is 1.08. The van der Waals surface area contributed by atoms with Crippen LogP contribution in [0.25, 0.3) is 68.0 Å². The van der Waals surface area contributed by atoms with Crippen LogP contribution in [0.4, 0.5) is 0 Å². The van der Waals surface area contributed by atoms with Crippen molar-refractivity contribution in [2.45, 2.75) is 25.8 Å². The van der Waals surface area contributed by atoms with E-state index in [4.69, 9.17) is 15.0 Å². The molecule has 9 rings (SSSR count). The summed E-state index contributed by atoms with van der Waals surface area (Å²) in [4.78, 5) is 15.3. The van der Waals surface area contributed by atoms with E-state index in [2.05, 4.69) is 121 Å². The lowest BCUT2D eigenvalue weighted by Gasteiger charge is -2.21. The Morgan fingerprint density at radius 2 is 1.26 bits per heavy atom. The van der Waals surface area contributed by atoms with Crippen molar-refractivity contribution in [3.8, 4) is 51.0 Å². The van der Waals surface area contributed by atoms with Crippen molar-refractivity contribution < 1.29 is 0 Å². The Morgan fingerprint density at radius 3 is 2.09 bits per heavy atom. The molecule has 0 saturated carbocycles. The summed E-state index contributed by atoms with van der Waals surface area (Å²) in [5.74, 6) is 0.876. The predicted molar refractivity (Wildman–Crippen MR) is 186 cm³/mol. The highest BCUT2D eigenvalue weighted by molar-refractivity contribution is 5.93. The van der Waals surface area contributed by atoms with Crippen molar-refractivity contribution in [1.82, 2.24) is 24.8 Å². The van der Waals surface area contributed by atoms with Crippen LogP contribution in [0.3, 0.4) is 0 Å². The summed E-state index contributed by atoms with van der Waals surface area (Å²) in [6.45, 7) is 5.37. The van der Waals surface area contributed by atoms with Gasteiger partial charge in [-0.25, -0.2) is 15.0 Å². The third-order valence-corrected chi connectivity index (χ3v) is 9.52. The predicted octanol–water partition coefficient (Wildman–Crippen LogP) is 9.20. The van der Waals surface area contributed by atoms with Crippen molar-refractivity contribution in [2.24, 2.45) is 0 Å². The normalized spacial score (nSPS) is 14.0. The molecule has 5 nitrogen and oxygen atoms in total. The average molecular weight is 594 g/mol. The van der Waals surface area contributed by atoms with Gasteiger partial charge in [0.15, 0.2) is 0 Å². The summed E-state index contributed by atoms with van der Waals surface area (Å²) < 4.78 is 2.26. The number of para-hydroxylation sites is 1. The van der Waals surface area contributed by atoms with E-state index in [0.29, 0.717) is 0 Å². The molecule has 1 aliphatic heterocycles. The van der Waals surface area contributed by atoms with Gasteiger partial charge in [0.2, 0.25) is 0 Å². The molecule has 1 N–H and O–H groups in total. The molecule has 5 heterocycles. The fourth-order valence-electron chi connectivity index (χ4n) is 7.25. The van der Waals surface area contributed by atoms with Gasteiger partial charge in [-0.1, -0.05) is 86.6 Å². The van der Waals surface area contributed by atoms with Gasteiger partial charge in [0.1, 0.15) is 5.82 Å². The molecule has 0 unspecified atom stereocenters. The highest BCUT2D eigenvalue weighted by Gasteiger charge is 2.35. The summed E-state index contributed by atoms with van der Waals surface area (Å²) in [5.41, 5.74) is 14.2. The Bertz CT molecular complexity index is 2360. The van der Waals surface area contributed by atoms with Crippen LogP contribution in [-0.2, 0) is 12.0 Å². The van der Waals surface area contributed by atoms with Gasteiger partial charge in [0.05, 0.1) is 46.2 Å². The largest absolute Gasteiger partial charge is 0.385 e. The Hall–Kier alpha value is -5.81. The van der Waals surface area contributed by atoms with E-state index in [1.807, 2.05) is 36.5 Å². The third-order valence-electron chi connectivity index (χ3n) is 9.52. The Kier molecular flexibility index (Phi) is 5.84. The van der Waals surface area contributed by atoms with Gasteiger partial charge >= 0.3 is 0 Å². The van der Waals surface area contributed by atoms with E-state index >= 15 is 0 Å². The molecule has 0 saturated heterocycles. The first-order chi connectivity index (χ1) is 22.6. The molecular weight excluding hydrogens is 562 g/mol. The number of hydrogen-bond acceptors (Lipinski definition) is 4. The molecule has 220 valence electrons. The summed E-state index contributed by atoms with van der Waals surface area (Å²) in [6, 6.07) is 42.4. The highest BCUT2D eigenvalue weighted by Crippen LogP contribution is 2.49. The van der Waals surface area contributed by atoms with E-state index in [1.165, 1.54) is 38.9 Å². The van der Waals surface area contributed by atoms with Crippen LogP contribution in [-0.4, -0.2) is 19.5 Å². The van der Waals surface area contributed by atoms with E-state index in [9.17, 15) is 0 Å². The molecule has 3 aromatic carbocycles. The molecule has 5 heteroatoms. The van der Waals surface area contributed by atoms with Crippen LogP contribution in [0, 0.1) is 0 Å². The zero-order valence-corrected chi connectivity index (χ0v) is 25.7. The van der Waals surface area contributed by atoms with E-state index in [0.717, 1.165) is 51.9 Å². The quantitative estimate of drug-likeness (QED) is 0.221. The minimum atomic E-state index is -0.0591. The molecule has 0 fully saturated rings. The van der Waals surface area contributed by atoms with Gasteiger partial charge in [-0.3, -0.25) is 4.57 Å². The van der Waals surface area contributed by atoms with Gasteiger partial charge in [-0.05, 0) is 83.1 Å². The van der Waals surface area contributed by atoms with E-state index in [1.54, 1.807) is 0 Å². The molecule has 2 aliphatic rings. The Labute approximate surface area is 268 Å². The van der Waals surface area contributed by atoms with Crippen LogP contribution in [0.15, 0.2) is 128 Å². The van der Waals surface area contributed by atoms with Crippen LogP contribution in [0.5, 0.6) is 0 Å². The standard InChI is InChI=1S/C41H31N5/c1-41(2)31-12-5-3-10-27(31)28-21-20-26(24-32(28)41)33-13-7-14-34(43-33)35-15-8-16-36(44-35)37-17-9-19-40(45-37)46-38-18-6-4-11-29(38)30-22-23-42-25-39(30)46/h3-24,42H,25H2,1-2H3. The topological polar surface area (TPSA) is 55.6 Å². The minimum Gasteiger partial charge on any atom is -0.385 e. The van der Waals surface area contributed by atoms with Crippen molar-refractivity contribution in [3.05, 3.63) is 150 Å². The molecule has 4 aromatic heterocycles. The van der Waals surface area contributed by atoms with Crippen molar-refractivity contribution >= 4 is 17.0 Å². The number of aromatic nitrogens is 4. The maximum absolute atomic E-state index is 5.14. The fraction of sp³-hybridized carbons (Fsp3) is 0.0976. The molecule has 0 atom stereocenters. The van der Waals surface area contributed by atoms with E-state index < -0.39 is 0 Å². The molecule has 0 amide bonds. The second-order valence-corrected chi connectivity index (χ2v) is 12.6.